The van der Waals surface area contributed by atoms with Gasteiger partial charge in [0.15, 0.2) is 0 Å². The largest absolute Gasteiger partial charge is 0.488 e. The minimum absolute atomic E-state index is 0.366. The van der Waals surface area contributed by atoms with Crippen LogP contribution in [0.4, 0.5) is 11.4 Å². The third-order valence-electron chi connectivity index (χ3n) is 5.82. The van der Waals surface area contributed by atoms with Crippen molar-refractivity contribution in [3.8, 4) is 5.75 Å². The SMILES string of the molecule is C=CC(=O)N(C=O)c1ccc(C(C)(C)OCCC(C)(C)Oc2ccc(N3C(=O)C=CC3=O)cc2)cc1. The number of carbonyl (C=O) groups excluding carboxylic acids is 4. The summed E-state index contributed by atoms with van der Waals surface area (Å²) in [5.41, 5.74) is 0.662. The zero-order valence-electron chi connectivity index (χ0n) is 20.9. The van der Waals surface area contributed by atoms with Gasteiger partial charge in [-0.15, -0.1) is 0 Å². The summed E-state index contributed by atoms with van der Waals surface area (Å²) >= 11 is 0. The first kappa shape index (κ1) is 26.6. The highest BCUT2D eigenvalue weighted by atomic mass is 16.5. The maximum absolute atomic E-state index is 11.8. The van der Waals surface area contributed by atoms with Crippen molar-refractivity contribution in [2.45, 2.75) is 45.3 Å². The molecule has 0 aliphatic carbocycles. The van der Waals surface area contributed by atoms with Crippen molar-refractivity contribution in [1.29, 1.82) is 0 Å². The number of carbonyl (C=O) groups is 4. The summed E-state index contributed by atoms with van der Waals surface area (Å²) in [6.07, 6.45) is 4.63. The van der Waals surface area contributed by atoms with E-state index >= 15 is 0 Å². The van der Waals surface area contributed by atoms with Gasteiger partial charge in [0.25, 0.3) is 17.7 Å². The number of rotatable bonds is 11. The highest BCUT2D eigenvalue weighted by Crippen LogP contribution is 2.29. The fourth-order valence-corrected chi connectivity index (χ4v) is 3.69. The Hall–Kier alpha value is -4.04. The molecule has 0 saturated carbocycles. The van der Waals surface area contributed by atoms with Crippen LogP contribution in [0.2, 0.25) is 0 Å². The van der Waals surface area contributed by atoms with Crippen LogP contribution in [0.15, 0.2) is 73.3 Å². The third kappa shape index (κ3) is 6.14. The normalized spacial score (nSPS) is 13.6. The molecule has 188 valence electrons. The minimum atomic E-state index is -0.618. The molecule has 4 amide bonds. The molecule has 0 radical (unpaired) electrons. The Bertz CT molecular complexity index is 1160. The van der Waals surface area contributed by atoms with Crippen molar-refractivity contribution in [2.24, 2.45) is 0 Å². The van der Waals surface area contributed by atoms with Crippen LogP contribution in [0.25, 0.3) is 0 Å². The van der Waals surface area contributed by atoms with E-state index in [0.717, 1.165) is 21.4 Å². The first-order valence-electron chi connectivity index (χ1n) is 11.5. The second-order valence-electron chi connectivity index (χ2n) is 9.37. The highest BCUT2D eigenvalue weighted by molar-refractivity contribution is 6.28. The Morgan fingerprint density at radius 1 is 0.972 bits per heavy atom. The van der Waals surface area contributed by atoms with E-state index in [1.165, 1.54) is 12.2 Å². The summed E-state index contributed by atoms with van der Waals surface area (Å²) < 4.78 is 12.3. The topological polar surface area (TPSA) is 93.2 Å². The van der Waals surface area contributed by atoms with Crippen molar-refractivity contribution < 1.29 is 28.7 Å². The van der Waals surface area contributed by atoms with Crippen LogP contribution in [0.1, 0.15) is 39.7 Å². The number of amides is 4. The molecule has 1 aliphatic rings. The van der Waals surface area contributed by atoms with Crippen LogP contribution >= 0.6 is 0 Å². The Labute approximate surface area is 210 Å². The van der Waals surface area contributed by atoms with Gasteiger partial charge in [-0.3, -0.25) is 19.2 Å². The van der Waals surface area contributed by atoms with E-state index in [2.05, 4.69) is 6.58 Å². The van der Waals surface area contributed by atoms with Gasteiger partial charge in [0.2, 0.25) is 6.41 Å². The molecule has 0 fully saturated rings. The smallest absolute Gasteiger partial charge is 0.258 e. The molecular formula is C28H30N2O6. The lowest BCUT2D eigenvalue weighted by Crippen LogP contribution is -2.32. The molecule has 3 rings (SSSR count). The van der Waals surface area contributed by atoms with Crippen LogP contribution in [0, 0.1) is 0 Å². The molecule has 2 aromatic rings. The second-order valence-corrected chi connectivity index (χ2v) is 9.37. The minimum Gasteiger partial charge on any atom is -0.488 e. The first-order chi connectivity index (χ1) is 17.0. The summed E-state index contributed by atoms with van der Waals surface area (Å²) in [5, 5.41) is 0. The van der Waals surface area contributed by atoms with Crippen molar-refractivity contribution in [3.05, 3.63) is 78.9 Å². The molecule has 0 unspecified atom stereocenters. The van der Waals surface area contributed by atoms with Gasteiger partial charge in [-0.1, -0.05) is 18.7 Å². The summed E-state index contributed by atoms with van der Waals surface area (Å²) in [7, 11) is 0. The van der Waals surface area contributed by atoms with E-state index in [0.29, 0.717) is 36.6 Å². The average Bonchev–Trinajstić information content (AvgIpc) is 3.17. The monoisotopic (exact) mass is 490 g/mol. The number of benzene rings is 2. The first-order valence-corrected chi connectivity index (χ1v) is 11.5. The molecular weight excluding hydrogens is 460 g/mol. The Morgan fingerprint density at radius 3 is 2.08 bits per heavy atom. The van der Waals surface area contributed by atoms with E-state index in [-0.39, 0.29) is 11.8 Å². The molecule has 0 saturated heterocycles. The number of hydrogen-bond donors (Lipinski definition) is 0. The average molecular weight is 491 g/mol. The van der Waals surface area contributed by atoms with Crippen molar-refractivity contribution in [2.75, 3.05) is 16.4 Å². The van der Waals surface area contributed by atoms with Gasteiger partial charge >= 0.3 is 0 Å². The molecule has 2 aromatic carbocycles. The molecule has 1 heterocycles. The van der Waals surface area contributed by atoms with E-state index in [1.807, 2.05) is 39.8 Å². The molecule has 0 aromatic heterocycles. The Balaban J connectivity index is 1.56. The quantitative estimate of drug-likeness (QED) is 0.265. The zero-order valence-corrected chi connectivity index (χ0v) is 20.9. The number of nitrogens with zero attached hydrogens (tertiary/aromatic N) is 2. The van der Waals surface area contributed by atoms with E-state index < -0.39 is 17.1 Å². The lowest BCUT2D eigenvalue weighted by Gasteiger charge is -2.31. The maximum Gasteiger partial charge on any atom is 0.258 e. The lowest BCUT2D eigenvalue weighted by atomic mass is 9.97. The van der Waals surface area contributed by atoms with Crippen molar-refractivity contribution in [3.63, 3.8) is 0 Å². The molecule has 8 nitrogen and oxygen atoms in total. The van der Waals surface area contributed by atoms with Gasteiger partial charge in [-0.25, -0.2) is 9.80 Å². The molecule has 0 spiro atoms. The van der Waals surface area contributed by atoms with Crippen LogP contribution in [-0.2, 0) is 29.5 Å². The van der Waals surface area contributed by atoms with Crippen molar-refractivity contribution >= 4 is 35.5 Å². The highest BCUT2D eigenvalue weighted by Gasteiger charge is 2.27. The Morgan fingerprint density at radius 2 is 1.56 bits per heavy atom. The molecule has 1 aliphatic heterocycles. The van der Waals surface area contributed by atoms with Gasteiger partial charge < -0.3 is 9.47 Å². The van der Waals surface area contributed by atoms with Gasteiger partial charge in [0.1, 0.15) is 11.4 Å². The predicted octanol–water partition coefficient (Wildman–Crippen LogP) is 4.29. The van der Waals surface area contributed by atoms with Gasteiger partial charge in [0, 0.05) is 18.6 Å². The van der Waals surface area contributed by atoms with Crippen LogP contribution in [0.3, 0.4) is 0 Å². The van der Waals surface area contributed by atoms with E-state index in [1.54, 1.807) is 36.4 Å². The Kier molecular flexibility index (Phi) is 7.90. The van der Waals surface area contributed by atoms with Crippen LogP contribution in [-0.4, -0.2) is 36.3 Å². The van der Waals surface area contributed by atoms with Gasteiger partial charge in [-0.05, 0) is 75.7 Å². The number of ether oxygens (including phenoxy) is 2. The number of anilines is 2. The fourth-order valence-electron chi connectivity index (χ4n) is 3.69. The fraction of sp³-hybridized carbons (Fsp3) is 0.286. The van der Waals surface area contributed by atoms with Crippen LogP contribution < -0.4 is 14.5 Å². The molecule has 8 heteroatoms. The summed E-state index contributed by atoms with van der Waals surface area (Å²) in [6.45, 7) is 11.6. The number of hydrogen-bond acceptors (Lipinski definition) is 6. The van der Waals surface area contributed by atoms with Crippen LogP contribution in [0.5, 0.6) is 5.75 Å². The van der Waals surface area contributed by atoms with E-state index in [4.69, 9.17) is 9.47 Å². The molecule has 0 N–H and O–H groups in total. The maximum atomic E-state index is 11.8. The zero-order chi connectivity index (χ0) is 26.5. The lowest BCUT2D eigenvalue weighted by molar-refractivity contribution is -0.120. The molecule has 0 atom stereocenters. The summed E-state index contributed by atoms with van der Waals surface area (Å²) in [4.78, 5) is 48.8. The standard InChI is InChI=1S/C28H30N2O6/c1-6-24(32)29(19-31)21-9-7-20(8-10-21)28(4,5)35-18-17-27(2,3)36-23-13-11-22(12-14-23)30-25(33)15-16-26(30)34/h6-16,19H,1,17-18H2,2-5H3. The molecule has 0 bridgehead atoms. The summed E-state index contributed by atoms with van der Waals surface area (Å²) in [6, 6.07) is 13.8. The molecule has 36 heavy (non-hydrogen) atoms. The van der Waals surface area contributed by atoms with Gasteiger partial charge in [-0.2, -0.15) is 0 Å². The number of imide groups is 2. The van der Waals surface area contributed by atoms with Gasteiger partial charge in [0.05, 0.1) is 23.6 Å². The van der Waals surface area contributed by atoms with E-state index in [9.17, 15) is 19.2 Å². The predicted molar refractivity (Wildman–Crippen MR) is 137 cm³/mol. The third-order valence-corrected chi connectivity index (χ3v) is 5.82. The van der Waals surface area contributed by atoms with Crippen molar-refractivity contribution in [1.82, 2.24) is 0 Å². The summed E-state index contributed by atoms with van der Waals surface area (Å²) in [5.74, 6) is -0.621. The second kappa shape index (κ2) is 10.7.